The molecule has 10 heteroatoms. The largest absolute Gasteiger partial charge is 0.462 e. The zero-order valence-corrected chi connectivity index (χ0v) is 21.4. The maximum absolute atomic E-state index is 13.1. The normalized spacial score (nSPS) is 14.3. The van der Waals surface area contributed by atoms with Gasteiger partial charge in [0, 0.05) is 25.5 Å². The van der Waals surface area contributed by atoms with Crippen molar-refractivity contribution < 1.29 is 19.1 Å². The van der Waals surface area contributed by atoms with Gasteiger partial charge in [0.1, 0.15) is 12.5 Å². The predicted octanol–water partition coefficient (Wildman–Crippen LogP) is 4.02. The van der Waals surface area contributed by atoms with Crippen LogP contribution in [0.2, 0.25) is 5.02 Å². The second-order valence-corrected chi connectivity index (χ2v) is 9.78. The Morgan fingerprint density at radius 1 is 1.14 bits per heavy atom. The van der Waals surface area contributed by atoms with Gasteiger partial charge >= 0.3 is 5.97 Å². The zero-order chi connectivity index (χ0) is 25.2. The fourth-order valence-electron chi connectivity index (χ4n) is 4.06. The van der Waals surface area contributed by atoms with Gasteiger partial charge in [0.2, 0.25) is 0 Å². The molecule has 1 N–H and O–H groups in total. The minimum absolute atomic E-state index is 0.00565. The van der Waals surface area contributed by atoms with Gasteiger partial charge in [-0.05, 0) is 49.2 Å². The number of carbonyl (C=O) groups excluding carboxylic acids is 2. The summed E-state index contributed by atoms with van der Waals surface area (Å²) in [6, 6.07) is 11.9. The Morgan fingerprint density at radius 3 is 2.51 bits per heavy atom. The summed E-state index contributed by atoms with van der Waals surface area (Å²) >= 11 is 12.1. The van der Waals surface area contributed by atoms with Crippen molar-refractivity contribution in [3.8, 4) is 11.1 Å². The minimum atomic E-state index is -0.802. The van der Waals surface area contributed by atoms with Crippen molar-refractivity contribution in [1.82, 2.24) is 15.1 Å². The SMILES string of the molecule is Cn1nc(C(=O)NC(C)(C)COC(=O)CCl)c2cc(-c3ccc(N4CCOCC4)c(Cl)c3)ccc21. The Kier molecular flexibility index (Phi) is 7.54. The lowest BCUT2D eigenvalue weighted by atomic mass is 10.0. The van der Waals surface area contributed by atoms with E-state index in [1.165, 1.54) is 0 Å². The summed E-state index contributed by atoms with van der Waals surface area (Å²) < 4.78 is 12.2. The number of aromatic nitrogens is 2. The molecule has 1 aliphatic rings. The summed E-state index contributed by atoms with van der Waals surface area (Å²) in [6.07, 6.45) is 0. The Bertz CT molecular complexity index is 1250. The number of anilines is 1. The van der Waals surface area contributed by atoms with Crippen LogP contribution in [-0.2, 0) is 21.3 Å². The molecule has 186 valence electrons. The van der Waals surface area contributed by atoms with Crippen LogP contribution in [0.4, 0.5) is 5.69 Å². The topological polar surface area (TPSA) is 85.7 Å². The Hall–Kier alpha value is -2.81. The van der Waals surface area contributed by atoms with Crippen LogP contribution in [0.1, 0.15) is 24.3 Å². The van der Waals surface area contributed by atoms with Crippen LogP contribution in [0, 0.1) is 0 Å². The first kappa shape index (κ1) is 25.3. The number of hydrogen-bond acceptors (Lipinski definition) is 6. The van der Waals surface area contributed by atoms with Crippen LogP contribution in [0.25, 0.3) is 22.0 Å². The van der Waals surface area contributed by atoms with Gasteiger partial charge in [0.05, 0.1) is 35.0 Å². The molecule has 1 aromatic heterocycles. The van der Waals surface area contributed by atoms with Gasteiger partial charge in [0.15, 0.2) is 5.69 Å². The molecular weight excluding hydrogens is 491 g/mol. The monoisotopic (exact) mass is 518 g/mol. The van der Waals surface area contributed by atoms with E-state index in [0.717, 1.165) is 35.4 Å². The van der Waals surface area contributed by atoms with Gasteiger partial charge in [-0.1, -0.05) is 23.7 Å². The molecule has 35 heavy (non-hydrogen) atoms. The fourth-order valence-corrected chi connectivity index (χ4v) is 4.44. The molecule has 0 bridgehead atoms. The van der Waals surface area contributed by atoms with Gasteiger partial charge in [-0.3, -0.25) is 14.3 Å². The number of nitrogens with zero attached hydrogens (tertiary/aromatic N) is 3. The number of fused-ring (bicyclic) bond motifs is 1. The first-order chi connectivity index (χ1) is 16.7. The molecule has 1 amide bonds. The number of morpholine rings is 1. The molecule has 1 fully saturated rings. The van der Waals surface area contributed by atoms with Crippen LogP contribution in [-0.4, -0.2) is 66.0 Å². The zero-order valence-electron chi connectivity index (χ0n) is 19.9. The molecule has 2 aromatic carbocycles. The molecule has 4 rings (SSSR count). The van der Waals surface area contributed by atoms with Crippen molar-refractivity contribution in [1.29, 1.82) is 0 Å². The average Bonchev–Trinajstić information content (AvgIpc) is 3.18. The average molecular weight is 519 g/mol. The van der Waals surface area contributed by atoms with Crippen molar-refractivity contribution in [3.63, 3.8) is 0 Å². The molecule has 0 spiro atoms. The maximum atomic E-state index is 13.1. The summed E-state index contributed by atoms with van der Waals surface area (Å²) in [7, 11) is 1.79. The summed E-state index contributed by atoms with van der Waals surface area (Å²) in [6.45, 7) is 6.51. The third kappa shape index (κ3) is 5.72. The van der Waals surface area contributed by atoms with E-state index in [9.17, 15) is 9.59 Å². The standard InChI is InChI=1S/C25H28Cl2N4O4/c1-25(2,15-35-22(32)14-26)28-24(33)23-18-12-16(4-6-20(18)30(3)29-23)17-5-7-21(19(27)13-17)31-8-10-34-11-9-31/h4-7,12-13H,8-11,14-15H2,1-3H3,(H,28,33). The lowest BCUT2D eigenvalue weighted by molar-refractivity contribution is -0.142. The number of hydrogen-bond donors (Lipinski definition) is 1. The molecule has 0 unspecified atom stereocenters. The Morgan fingerprint density at radius 2 is 1.83 bits per heavy atom. The first-order valence-corrected chi connectivity index (χ1v) is 12.2. The van der Waals surface area contributed by atoms with Gasteiger partial charge < -0.3 is 19.7 Å². The maximum Gasteiger partial charge on any atom is 0.320 e. The second-order valence-electron chi connectivity index (χ2n) is 9.10. The number of alkyl halides is 1. The number of ether oxygens (including phenoxy) is 2. The molecule has 1 saturated heterocycles. The number of rotatable bonds is 7. The van der Waals surface area contributed by atoms with E-state index in [1.807, 2.05) is 36.4 Å². The minimum Gasteiger partial charge on any atom is -0.462 e. The smallest absolute Gasteiger partial charge is 0.320 e. The summed E-state index contributed by atoms with van der Waals surface area (Å²) in [4.78, 5) is 26.7. The highest BCUT2D eigenvalue weighted by atomic mass is 35.5. The lowest BCUT2D eigenvalue weighted by Gasteiger charge is -2.29. The highest BCUT2D eigenvalue weighted by molar-refractivity contribution is 6.33. The van der Waals surface area contributed by atoms with Crippen molar-refractivity contribution in [2.75, 3.05) is 43.7 Å². The number of benzene rings is 2. The van der Waals surface area contributed by atoms with Gasteiger partial charge in [0.25, 0.3) is 5.91 Å². The molecule has 0 saturated carbocycles. The van der Waals surface area contributed by atoms with Crippen LogP contribution in [0.5, 0.6) is 0 Å². The second kappa shape index (κ2) is 10.4. The number of halogens is 2. The Balaban J connectivity index is 1.60. The predicted molar refractivity (Wildman–Crippen MR) is 137 cm³/mol. The number of aryl methyl sites for hydroxylation is 1. The first-order valence-electron chi connectivity index (χ1n) is 11.3. The van der Waals surface area contributed by atoms with E-state index in [0.29, 0.717) is 23.6 Å². The number of nitrogens with one attached hydrogen (secondary N) is 1. The van der Waals surface area contributed by atoms with E-state index >= 15 is 0 Å². The highest BCUT2D eigenvalue weighted by Crippen LogP contribution is 2.33. The molecular formula is C25H28Cl2N4O4. The molecule has 0 atom stereocenters. The molecule has 1 aliphatic heterocycles. The third-order valence-corrected chi connectivity index (χ3v) is 6.37. The van der Waals surface area contributed by atoms with E-state index in [2.05, 4.69) is 15.3 Å². The number of amides is 1. The van der Waals surface area contributed by atoms with E-state index < -0.39 is 11.5 Å². The van der Waals surface area contributed by atoms with Crippen molar-refractivity contribution in [2.24, 2.45) is 7.05 Å². The summed E-state index contributed by atoms with van der Waals surface area (Å²) in [5.41, 5.74) is 3.16. The number of esters is 1. The summed E-state index contributed by atoms with van der Waals surface area (Å²) in [5, 5.41) is 8.72. The molecule has 0 aliphatic carbocycles. The molecule has 8 nitrogen and oxygen atoms in total. The van der Waals surface area contributed by atoms with Crippen LogP contribution < -0.4 is 10.2 Å². The van der Waals surface area contributed by atoms with Gasteiger partial charge in [-0.15, -0.1) is 11.6 Å². The molecule has 3 aromatic rings. The van der Waals surface area contributed by atoms with Crippen LogP contribution in [0.3, 0.4) is 0 Å². The van der Waals surface area contributed by atoms with E-state index in [4.69, 9.17) is 32.7 Å². The van der Waals surface area contributed by atoms with Gasteiger partial charge in [-0.25, -0.2) is 0 Å². The van der Waals surface area contributed by atoms with Crippen molar-refractivity contribution >= 4 is 51.7 Å². The third-order valence-electron chi connectivity index (χ3n) is 5.85. The Labute approximate surface area is 214 Å². The van der Waals surface area contributed by atoms with Crippen molar-refractivity contribution in [2.45, 2.75) is 19.4 Å². The van der Waals surface area contributed by atoms with Crippen molar-refractivity contribution in [3.05, 3.63) is 47.1 Å². The van der Waals surface area contributed by atoms with Crippen LogP contribution in [0.15, 0.2) is 36.4 Å². The van der Waals surface area contributed by atoms with E-state index in [1.54, 1.807) is 25.6 Å². The lowest BCUT2D eigenvalue weighted by Crippen LogP contribution is -2.47. The number of carbonyl (C=O) groups is 2. The molecule has 0 radical (unpaired) electrons. The van der Waals surface area contributed by atoms with Crippen LogP contribution >= 0.6 is 23.2 Å². The van der Waals surface area contributed by atoms with Gasteiger partial charge in [-0.2, -0.15) is 5.10 Å². The van der Waals surface area contributed by atoms with E-state index in [-0.39, 0.29) is 24.1 Å². The summed E-state index contributed by atoms with van der Waals surface area (Å²) in [5.74, 6) is -1.14. The molecule has 2 heterocycles. The highest BCUT2D eigenvalue weighted by Gasteiger charge is 2.26. The fraction of sp³-hybridized carbons (Fsp3) is 0.400. The quantitative estimate of drug-likeness (QED) is 0.375.